The number of carbonyl (C=O) groups is 1. The summed E-state index contributed by atoms with van der Waals surface area (Å²) in [5.74, 6) is 1.20. The van der Waals surface area contributed by atoms with Gasteiger partial charge in [-0.25, -0.2) is 4.99 Å². The van der Waals surface area contributed by atoms with E-state index in [1.54, 1.807) is 0 Å². The maximum Gasteiger partial charge on any atom is 0.165 e. The number of hydrogen-bond donors (Lipinski definition) is 0. The average molecular weight is 357 g/mol. The van der Waals surface area contributed by atoms with Crippen molar-refractivity contribution in [3.05, 3.63) is 29.3 Å². The Hall–Kier alpha value is -1.29. The summed E-state index contributed by atoms with van der Waals surface area (Å²) in [5.41, 5.74) is 3.35. The molecule has 3 aliphatic rings. The zero-order chi connectivity index (χ0) is 17.3. The van der Waals surface area contributed by atoms with E-state index < -0.39 is 0 Å². The van der Waals surface area contributed by atoms with Gasteiger partial charge in [0.15, 0.2) is 5.17 Å². The van der Waals surface area contributed by atoms with Crippen molar-refractivity contribution < 1.29 is 4.79 Å². The third-order valence-electron chi connectivity index (χ3n) is 6.25. The highest BCUT2D eigenvalue weighted by Gasteiger charge is 2.49. The van der Waals surface area contributed by atoms with Crippen molar-refractivity contribution in [1.29, 1.82) is 0 Å². The molecule has 4 heteroatoms. The van der Waals surface area contributed by atoms with E-state index >= 15 is 0 Å². The van der Waals surface area contributed by atoms with E-state index in [9.17, 15) is 4.79 Å². The minimum absolute atomic E-state index is 0.369. The predicted molar refractivity (Wildman–Crippen MR) is 106 cm³/mol. The van der Waals surface area contributed by atoms with Gasteiger partial charge >= 0.3 is 0 Å². The average Bonchev–Trinajstić information content (AvgIpc) is 3.38. The fraction of sp³-hybridized carbons (Fsp3) is 0.619. The standard InChI is InChI=1S/C21H28N2OS/c1-2-17-13-16(14-24)9-10-19(17)22-20-23(18-7-3-4-8-18)21(15-25-20)11-5-6-12-21/h9-10,13-14,18H,2-8,11-12,15H2,1H3/b22-20+. The molecule has 1 aliphatic heterocycles. The third kappa shape index (κ3) is 3.14. The Labute approximate surface area is 155 Å². The van der Waals surface area contributed by atoms with E-state index in [0.717, 1.165) is 24.0 Å². The first kappa shape index (κ1) is 17.1. The van der Waals surface area contributed by atoms with Gasteiger partial charge in [0.25, 0.3) is 0 Å². The van der Waals surface area contributed by atoms with E-state index in [0.29, 0.717) is 11.6 Å². The quantitative estimate of drug-likeness (QED) is 0.681. The van der Waals surface area contributed by atoms with E-state index in [2.05, 4.69) is 11.8 Å². The normalized spacial score (nSPS) is 24.7. The van der Waals surface area contributed by atoms with E-state index in [1.807, 2.05) is 30.0 Å². The molecule has 0 N–H and O–H groups in total. The van der Waals surface area contributed by atoms with Crippen LogP contribution in [-0.4, -0.2) is 33.7 Å². The molecule has 4 rings (SSSR count). The minimum atomic E-state index is 0.369. The van der Waals surface area contributed by atoms with Gasteiger partial charge in [0.1, 0.15) is 6.29 Å². The Morgan fingerprint density at radius 1 is 1.24 bits per heavy atom. The molecule has 3 nitrogen and oxygen atoms in total. The molecule has 3 fully saturated rings. The lowest BCUT2D eigenvalue weighted by Gasteiger charge is -2.40. The second-order valence-electron chi connectivity index (χ2n) is 7.78. The Morgan fingerprint density at radius 2 is 2.00 bits per heavy atom. The van der Waals surface area contributed by atoms with Gasteiger partial charge < -0.3 is 4.90 Å². The molecule has 0 aromatic heterocycles. The fourth-order valence-corrected chi connectivity index (χ4v) is 6.40. The topological polar surface area (TPSA) is 32.7 Å². The highest BCUT2D eigenvalue weighted by Crippen LogP contribution is 2.48. The molecule has 1 aromatic carbocycles. The first-order chi connectivity index (χ1) is 12.3. The molecule has 1 heterocycles. The second-order valence-corrected chi connectivity index (χ2v) is 8.72. The molecule has 0 amide bonds. The molecule has 2 saturated carbocycles. The number of aliphatic imine (C=N–C) groups is 1. The zero-order valence-electron chi connectivity index (χ0n) is 15.2. The smallest absolute Gasteiger partial charge is 0.165 e. The number of aryl methyl sites for hydroxylation is 1. The van der Waals surface area contributed by atoms with Crippen molar-refractivity contribution in [3.63, 3.8) is 0 Å². The van der Waals surface area contributed by atoms with Crippen LogP contribution in [-0.2, 0) is 6.42 Å². The lowest BCUT2D eigenvalue weighted by atomic mass is 9.95. The summed E-state index contributed by atoms with van der Waals surface area (Å²) in [4.78, 5) is 19.0. The van der Waals surface area contributed by atoms with Crippen LogP contribution >= 0.6 is 11.8 Å². The molecular formula is C21H28N2OS. The summed E-state index contributed by atoms with van der Waals surface area (Å²) in [6.07, 6.45) is 12.6. The van der Waals surface area contributed by atoms with Crippen molar-refractivity contribution in [2.24, 2.45) is 4.99 Å². The molecule has 25 heavy (non-hydrogen) atoms. The van der Waals surface area contributed by atoms with Crippen LogP contribution < -0.4 is 0 Å². The molecule has 1 aromatic rings. The van der Waals surface area contributed by atoms with Crippen LogP contribution in [0, 0.1) is 0 Å². The molecule has 2 aliphatic carbocycles. The Balaban J connectivity index is 1.70. The van der Waals surface area contributed by atoms with E-state index in [4.69, 9.17) is 4.99 Å². The summed E-state index contributed by atoms with van der Waals surface area (Å²) >= 11 is 1.96. The van der Waals surface area contributed by atoms with Crippen LogP contribution in [0.3, 0.4) is 0 Å². The number of benzene rings is 1. The van der Waals surface area contributed by atoms with Crippen LogP contribution in [0.4, 0.5) is 5.69 Å². The van der Waals surface area contributed by atoms with E-state index in [1.165, 1.54) is 67.9 Å². The number of aldehydes is 1. The summed E-state index contributed by atoms with van der Waals surface area (Å²) < 4.78 is 0. The zero-order valence-corrected chi connectivity index (χ0v) is 16.0. The largest absolute Gasteiger partial charge is 0.342 e. The number of hydrogen-bond acceptors (Lipinski definition) is 3. The maximum absolute atomic E-state index is 11.1. The summed E-state index contributed by atoms with van der Waals surface area (Å²) in [7, 11) is 0. The van der Waals surface area contributed by atoms with Crippen LogP contribution in [0.5, 0.6) is 0 Å². The van der Waals surface area contributed by atoms with Crippen molar-refractivity contribution >= 4 is 28.9 Å². The molecule has 134 valence electrons. The molecule has 0 unspecified atom stereocenters. The molecular weight excluding hydrogens is 328 g/mol. The Kier molecular flexibility index (Phi) is 4.90. The van der Waals surface area contributed by atoms with Gasteiger partial charge in [0, 0.05) is 17.4 Å². The number of amidine groups is 1. The SMILES string of the molecule is CCc1cc(C=O)ccc1/N=C1/SCC2(CCCC2)N1C1CCCC1. The first-order valence-corrected chi connectivity index (χ1v) is 10.8. The molecule has 0 atom stereocenters. The molecule has 1 saturated heterocycles. The third-order valence-corrected chi connectivity index (χ3v) is 7.48. The fourth-order valence-electron chi connectivity index (χ4n) is 4.93. The van der Waals surface area contributed by atoms with Gasteiger partial charge in [-0.2, -0.15) is 0 Å². The molecule has 0 bridgehead atoms. The van der Waals surface area contributed by atoms with Crippen molar-refractivity contribution in [1.82, 2.24) is 4.90 Å². The van der Waals surface area contributed by atoms with Gasteiger partial charge in [-0.1, -0.05) is 44.4 Å². The van der Waals surface area contributed by atoms with Gasteiger partial charge in [0.2, 0.25) is 0 Å². The Morgan fingerprint density at radius 3 is 2.68 bits per heavy atom. The van der Waals surface area contributed by atoms with Gasteiger partial charge in [-0.15, -0.1) is 0 Å². The molecule has 0 radical (unpaired) electrons. The highest BCUT2D eigenvalue weighted by molar-refractivity contribution is 8.14. The summed E-state index contributed by atoms with van der Waals surface area (Å²) in [5, 5.41) is 1.24. The van der Waals surface area contributed by atoms with Crippen molar-refractivity contribution in [2.45, 2.75) is 76.3 Å². The molecule has 1 spiro atoms. The van der Waals surface area contributed by atoms with Crippen LogP contribution in [0.2, 0.25) is 0 Å². The van der Waals surface area contributed by atoms with Gasteiger partial charge in [0.05, 0.1) is 11.2 Å². The van der Waals surface area contributed by atoms with E-state index in [-0.39, 0.29) is 0 Å². The second kappa shape index (κ2) is 7.14. The number of carbonyl (C=O) groups excluding carboxylic acids is 1. The maximum atomic E-state index is 11.1. The monoisotopic (exact) mass is 356 g/mol. The lowest BCUT2D eigenvalue weighted by Crippen LogP contribution is -2.50. The van der Waals surface area contributed by atoms with Gasteiger partial charge in [-0.05, 0) is 55.9 Å². The highest BCUT2D eigenvalue weighted by atomic mass is 32.2. The van der Waals surface area contributed by atoms with Crippen LogP contribution in [0.1, 0.15) is 74.2 Å². The number of rotatable bonds is 4. The van der Waals surface area contributed by atoms with Gasteiger partial charge in [-0.3, -0.25) is 4.79 Å². The van der Waals surface area contributed by atoms with Crippen LogP contribution in [0.15, 0.2) is 23.2 Å². The minimum Gasteiger partial charge on any atom is -0.342 e. The lowest BCUT2D eigenvalue weighted by molar-refractivity contribution is 0.112. The van der Waals surface area contributed by atoms with Crippen molar-refractivity contribution in [3.8, 4) is 0 Å². The summed E-state index contributed by atoms with van der Waals surface area (Å²) in [6, 6.07) is 6.61. The Bertz CT molecular complexity index is 672. The predicted octanol–water partition coefficient (Wildman–Crippen LogP) is 5.35. The van der Waals surface area contributed by atoms with Crippen molar-refractivity contribution in [2.75, 3.05) is 5.75 Å². The van der Waals surface area contributed by atoms with Crippen LogP contribution in [0.25, 0.3) is 0 Å². The first-order valence-electron chi connectivity index (χ1n) is 9.85. The summed E-state index contributed by atoms with van der Waals surface area (Å²) in [6.45, 7) is 2.14. The number of nitrogens with zero attached hydrogens (tertiary/aromatic N) is 2. The number of thioether (sulfide) groups is 1.